The van der Waals surface area contributed by atoms with E-state index >= 15 is 0 Å². The van der Waals surface area contributed by atoms with Crippen LogP contribution in [0.5, 0.6) is 0 Å². The maximum absolute atomic E-state index is 12.3. The van der Waals surface area contributed by atoms with Crippen LogP contribution < -0.4 is 10.3 Å². The number of hydrogen-bond donors (Lipinski definition) is 1. The first kappa shape index (κ1) is 18.1. The summed E-state index contributed by atoms with van der Waals surface area (Å²) >= 11 is 1.27. The van der Waals surface area contributed by atoms with Gasteiger partial charge in [-0.05, 0) is 42.7 Å². The Kier molecular flexibility index (Phi) is 5.03. The molecule has 0 bridgehead atoms. The highest BCUT2D eigenvalue weighted by Gasteiger charge is 2.13. The molecule has 0 spiro atoms. The molecule has 1 aliphatic rings. The van der Waals surface area contributed by atoms with Crippen LogP contribution in [0, 0.1) is 10.1 Å². The van der Waals surface area contributed by atoms with Crippen LogP contribution in [-0.4, -0.2) is 30.1 Å². The number of hydrazone groups is 1. The number of benzene rings is 2. The third-order valence-corrected chi connectivity index (χ3v) is 5.79. The predicted molar refractivity (Wildman–Crippen MR) is 111 cm³/mol. The number of amides is 1. The quantitative estimate of drug-likeness (QED) is 0.400. The lowest BCUT2D eigenvalue weighted by Gasteiger charge is -2.17. The largest absolute Gasteiger partial charge is 0.372 e. The average Bonchev–Trinajstić information content (AvgIpc) is 3.37. The van der Waals surface area contributed by atoms with Crippen molar-refractivity contribution in [2.45, 2.75) is 12.8 Å². The van der Waals surface area contributed by atoms with Crippen LogP contribution in [0.4, 0.5) is 11.4 Å². The van der Waals surface area contributed by atoms with Crippen molar-refractivity contribution < 1.29 is 9.72 Å². The second-order valence-corrected chi connectivity index (χ2v) is 7.66. The van der Waals surface area contributed by atoms with Gasteiger partial charge in [0.25, 0.3) is 11.6 Å². The van der Waals surface area contributed by atoms with Gasteiger partial charge in [0.2, 0.25) is 0 Å². The maximum atomic E-state index is 12.3. The second-order valence-electron chi connectivity index (χ2n) is 6.57. The third-order valence-electron chi connectivity index (χ3n) is 4.68. The Bertz CT molecular complexity index is 1050. The van der Waals surface area contributed by atoms with Gasteiger partial charge in [0.05, 0.1) is 16.0 Å². The number of hydrogen-bond acceptors (Lipinski definition) is 6. The number of fused-ring (bicyclic) bond motifs is 1. The average molecular weight is 394 g/mol. The molecular formula is C20H18N4O3S. The fourth-order valence-electron chi connectivity index (χ4n) is 3.22. The number of nitrogens with zero attached hydrogens (tertiary/aromatic N) is 3. The van der Waals surface area contributed by atoms with Crippen molar-refractivity contribution in [3.8, 4) is 0 Å². The number of nitrogens with one attached hydrogen (secondary N) is 1. The molecule has 0 unspecified atom stereocenters. The molecule has 1 aliphatic heterocycles. The van der Waals surface area contributed by atoms with E-state index in [1.807, 2.05) is 12.1 Å². The smallest absolute Gasteiger partial charge is 0.281 e. The van der Waals surface area contributed by atoms with Crippen molar-refractivity contribution in [2.75, 3.05) is 18.0 Å². The Balaban J connectivity index is 1.40. The fraction of sp³-hybridized carbons (Fsp3) is 0.200. The summed E-state index contributed by atoms with van der Waals surface area (Å²) in [5.41, 5.74) is 4.62. The Labute approximate surface area is 165 Å². The van der Waals surface area contributed by atoms with Crippen LogP contribution >= 0.6 is 11.3 Å². The minimum Gasteiger partial charge on any atom is -0.372 e. The first-order valence-electron chi connectivity index (χ1n) is 8.96. The molecule has 7 nitrogen and oxygen atoms in total. The Morgan fingerprint density at radius 2 is 1.89 bits per heavy atom. The number of carbonyl (C=O) groups excluding carboxylic acids is 1. The third kappa shape index (κ3) is 3.86. The monoisotopic (exact) mass is 394 g/mol. The van der Waals surface area contributed by atoms with E-state index in [4.69, 9.17) is 0 Å². The van der Waals surface area contributed by atoms with Crippen molar-refractivity contribution >= 4 is 44.9 Å². The number of carbonyl (C=O) groups is 1. The minimum absolute atomic E-state index is 0.00709. The summed E-state index contributed by atoms with van der Waals surface area (Å²) in [6.45, 7) is 2.20. The van der Waals surface area contributed by atoms with Gasteiger partial charge in [-0.3, -0.25) is 14.9 Å². The summed E-state index contributed by atoms with van der Waals surface area (Å²) in [6, 6.07) is 14.3. The number of nitro groups is 1. The number of non-ortho nitro benzene ring substituents is 1. The lowest BCUT2D eigenvalue weighted by atomic mass is 10.2. The van der Waals surface area contributed by atoms with Gasteiger partial charge in [-0.1, -0.05) is 12.1 Å². The van der Waals surface area contributed by atoms with Crippen molar-refractivity contribution in [2.24, 2.45) is 5.10 Å². The Morgan fingerprint density at radius 3 is 2.61 bits per heavy atom. The molecule has 1 fully saturated rings. The van der Waals surface area contributed by atoms with Crippen molar-refractivity contribution in [1.29, 1.82) is 0 Å². The topological polar surface area (TPSA) is 87.8 Å². The van der Waals surface area contributed by atoms with Gasteiger partial charge in [-0.2, -0.15) is 5.10 Å². The molecule has 142 valence electrons. The summed E-state index contributed by atoms with van der Waals surface area (Å²) in [4.78, 5) is 25.5. The number of thiophene rings is 1. The van der Waals surface area contributed by atoms with E-state index in [0.29, 0.717) is 10.3 Å². The first-order valence-corrected chi connectivity index (χ1v) is 9.78. The predicted octanol–water partition coefficient (Wildman–Crippen LogP) is 4.17. The molecule has 0 radical (unpaired) electrons. The van der Waals surface area contributed by atoms with E-state index in [-0.39, 0.29) is 11.6 Å². The Morgan fingerprint density at radius 1 is 1.14 bits per heavy atom. The molecule has 3 aromatic rings. The first-order chi connectivity index (χ1) is 13.6. The van der Waals surface area contributed by atoms with Crippen LogP contribution in [0.2, 0.25) is 0 Å². The van der Waals surface area contributed by atoms with E-state index in [1.54, 1.807) is 18.3 Å². The van der Waals surface area contributed by atoms with Gasteiger partial charge in [-0.15, -0.1) is 11.3 Å². The van der Waals surface area contributed by atoms with Gasteiger partial charge < -0.3 is 4.90 Å². The summed E-state index contributed by atoms with van der Waals surface area (Å²) in [7, 11) is 0. The molecule has 0 aliphatic carbocycles. The summed E-state index contributed by atoms with van der Waals surface area (Å²) in [5.74, 6) is -0.339. The fourth-order valence-corrected chi connectivity index (χ4v) is 4.16. The normalized spacial score (nSPS) is 14.1. The molecule has 1 saturated heterocycles. The molecule has 1 N–H and O–H groups in total. The highest BCUT2D eigenvalue weighted by atomic mass is 32.1. The van der Waals surface area contributed by atoms with Crippen LogP contribution in [0.15, 0.2) is 53.6 Å². The molecule has 8 heteroatoms. The van der Waals surface area contributed by atoms with E-state index in [9.17, 15) is 14.9 Å². The molecule has 4 rings (SSSR count). The molecule has 0 saturated carbocycles. The molecule has 1 aromatic heterocycles. The number of anilines is 1. The highest BCUT2D eigenvalue weighted by molar-refractivity contribution is 7.20. The maximum Gasteiger partial charge on any atom is 0.281 e. The minimum atomic E-state index is -0.448. The van der Waals surface area contributed by atoms with Gasteiger partial charge in [0.15, 0.2) is 0 Å². The summed E-state index contributed by atoms with van der Waals surface area (Å²) < 4.78 is 0.817. The second kappa shape index (κ2) is 7.77. The van der Waals surface area contributed by atoms with Crippen molar-refractivity contribution in [3.05, 3.63) is 69.1 Å². The molecule has 1 amide bonds. The molecule has 2 aromatic carbocycles. The summed E-state index contributed by atoms with van der Waals surface area (Å²) in [5, 5.41) is 15.6. The zero-order chi connectivity index (χ0) is 19.5. The van der Waals surface area contributed by atoms with Crippen LogP contribution in [-0.2, 0) is 0 Å². The lowest BCUT2D eigenvalue weighted by Crippen LogP contribution is -2.17. The van der Waals surface area contributed by atoms with Crippen molar-refractivity contribution in [1.82, 2.24) is 5.43 Å². The zero-order valence-corrected chi connectivity index (χ0v) is 15.8. The highest BCUT2D eigenvalue weighted by Crippen LogP contribution is 2.28. The van der Waals surface area contributed by atoms with E-state index in [0.717, 1.165) is 23.4 Å². The SMILES string of the molecule is O=C(NN=Cc1ccc(N2CCCC2)cc1)c1cc2cc([N+](=O)[O-])ccc2s1. The van der Waals surface area contributed by atoms with Gasteiger partial charge in [0, 0.05) is 41.0 Å². The molecule has 0 atom stereocenters. The van der Waals surface area contributed by atoms with Crippen molar-refractivity contribution in [3.63, 3.8) is 0 Å². The Hall–Kier alpha value is -3.26. The van der Waals surface area contributed by atoms with Crippen LogP contribution in [0.3, 0.4) is 0 Å². The van der Waals surface area contributed by atoms with E-state index in [1.165, 1.54) is 42.0 Å². The molecule has 2 heterocycles. The summed E-state index contributed by atoms with van der Waals surface area (Å²) in [6.07, 6.45) is 4.07. The lowest BCUT2D eigenvalue weighted by molar-refractivity contribution is -0.384. The molecule has 28 heavy (non-hydrogen) atoms. The number of rotatable bonds is 5. The standard InChI is InChI=1S/C20H18N4O3S/c25-20(19-12-15-11-17(24(26)27)7-8-18(15)28-19)22-21-13-14-3-5-16(6-4-14)23-9-1-2-10-23/h3-8,11-13H,1-2,9-10H2,(H,22,25). The van der Waals surface area contributed by atoms with Crippen LogP contribution in [0.25, 0.3) is 10.1 Å². The van der Waals surface area contributed by atoms with Gasteiger partial charge in [0.1, 0.15) is 0 Å². The number of nitro benzene ring substituents is 1. The van der Waals surface area contributed by atoms with Gasteiger partial charge >= 0.3 is 0 Å². The zero-order valence-electron chi connectivity index (χ0n) is 15.0. The molecular weight excluding hydrogens is 376 g/mol. The van der Waals surface area contributed by atoms with Gasteiger partial charge in [-0.25, -0.2) is 5.43 Å². The van der Waals surface area contributed by atoms with E-state index in [2.05, 4.69) is 27.6 Å². The van der Waals surface area contributed by atoms with Crippen LogP contribution in [0.1, 0.15) is 28.1 Å². The van der Waals surface area contributed by atoms with E-state index < -0.39 is 4.92 Å².